The first kappa shape index (κ1) is 15.8. The summed E-state index contributed by atoms with van der Waals surface area (Å²) < 4.78 is 0. The SMILES string of the molecule is N#CCSCC(=O)NCC1(CC(=O)O)CCCCC1. The second-order valence-corrected chi connectivity index (χ2v) is 6.04. The Balaban J connectivity index is 2.42. The van der Waals surface area contributed by atoms with Crippen LogP contribution in [-0.4, -0.2) is 35.0 Å². The molecule has 1 amide bonds. The molecule has 0 saturated heterocycles. The zero-order valence-corrected chi connectivity index (χ0v) is 11.8. The smallest absolute Gasteiger partial charge is 0.303 e. The van der Waals surface area contributed by atoms with Gasteiger partial charge in [-0.1, -0.05) is 19.3 Å². The molecule has 0 radical (unpaired) electrons. The average molecular weight is 284 g/mol. The quantitative estimate of drug-likeness (QED) is 0.695. The van der Waals surface area contributed by atoms with Crippen molar-refractivity contribution in [1.82, 2.24) is 5.32 Å². The van der Waals surface area contributed by atoms with Gasteiger partial charge in [0.05, 0.1) is 24.0 Å². The number of carbonyl (C=O) groups is 2. The van der Waals surface area contributed by atoms with Crippen LogP contribution < -0.4 is 5.32 Å². The Bertz CT molecular complexity index is 359. The van der Waals surface area contributed by atoms with E-state index in [1.165, 1.54) is 11.8 Å². The third kappa shape index (κ3) is 5.97. The Morgan fingerprint density at radius 3 is 2.58 bits per heavy atom. The summed E-state index contributed by atoms with van der Waals surface area (Å²) in [6.45, 7) is 0.436. The zero-order valence-electron chi connectivity index (χ0n) is 11.0. The molecule has 1 aliphatic carbocycles. The Hall–Kier alpha value is -1.22. The van der Waals surface area contributed by atoms with Crippen LogP contribution in [0.3, 0.4) is 0 Å². The van der Waals surface area contributed by atoms with Gasteiger partial charge >= 0.3 is 5.97 Å². The Labute approximate surface area is 117 Å². The molecule has 0 aromatic carbocycles. The molecule has 6 heteroatoms. The Morgan fingerprint density at radius 2 is 2.00 bits per heavy atom. The van der Waals surface area contributed by atoms with Crippen LogP contribution in [0.4, 0.5) is 0 Å². The normalized spacial score (nSPS) is 17.4. The highest BCUT2D eigenvalue weighted by Gasteiger charge is 2.34. The Kier molecular flexibility index (Phi) is 6.71. The van der Waals surface area contributed by atoms with Crippen LogP contribution in [0.1, 0.15) is 38.5 Å². The fourth-order valence-electron chi connectivity index (χ4n) is 2.57. The molecule has 0 aromatic rings. The lowest BCUT2D eigenvalue weighted by Gasteiger charge is -2.36. The predicted octanol–water partition coefficient (Wildman–Crippen LogP) is 1.78. The standard InChI is InChI=1S/C13H20N2O3S/c14-6-7-19-9-11(16)15-10-13(8-12(17)18)4-2-1-3-5-13/h1-5,7-10H2,(H,15,16)(H,17,18). The summed E-state index contributed by atoms with van der Waals surface area (Å²) in [5.74, 6) is -0.352. The summed E-state index contributed by atoms with van der Waals surface area (Å²) in [4.78, 5) is 22.6. The van der Waals surface area contributed by atoms with Gasteiger partial charge in [0.25, 0.3) is 0 Å². The number of carboxylic acids is 1. The maximum Gasteiger partial charge on any atom is 0.303 e. The number of thioether (sulfide) groups is 1. The van der Waals surface area contributed by atoms with E-state index in [9.17, 15) is 9.59 Å². The van der Waals surface area contributed by atoms with E-state index in [-0.39, 0.29) is 23.5 Å². The van der Waals surface area contributed by atoms with Crippen molar-refractivity contribution in [3.05, 3.63) is 0 Å². The number of carbonyl (C=O) groups excluding carboxylic acids is 1. The van der Waals surface area contributed by atoms with Crippen LogP contribution in [0.25, 0.3) is 0 Å². The first-order chi connectivity index (χ1) is 9.08. The fourth-order valence-corrected chi connectivity index (χ4v) is 3.05. The fraction of sp³-hybridized carbons (Fsp3) is 0.769. The van der Waals surface area contributed by atoms with E-state index >= 15 is 0 Å². The highest BCUT2D eigenvalue weighted by atomic mass is 32.2. The summed E-state index contributed by atoms with van der Waals surface area (Å²) in [7, 11) is 0. The summed E-state index contributed by atoms with van der Waals surface area (Å²) in [6.07, 6.45) is 5.07. The molecule has 0 atom stereocenters. The second kappa shape index (κ2) is 8.05. The molecular formula is C13H20N2O3S. The molecule has 1 fully saturated rings. The van der Waals surface area contributed by atoms with Crippen LogP contribution in [0, 0.1) is 16.7 Å². The molecule has 5 nitrogen and oxygen atoms in total. The molecule has 1 aliphatic rings. The van der Waals surface area contributed by atoms with Crippen LogP contribution in [0.2, 0.25) is 0 Å². The molecule has 0 aliphatic heterocycles. The third-order valence-electron chi connectivity index (χ3n) is 3.50. The van der Waals surface area contributed by atoms with Crippen LogP contribution in [0.15, 0.2) is 0 Å². The number of nitrogens with zero attached hydrogens (tertiary/aromatic N) is 1. The van der Waals surface area contributed by atoms with Crippen molar-refractivity contribution in [3.63, 3.8) is 0 Å². The minimum Gasteiger partial charge on any atom is -0.481 e. The largest absolute Gasteiger partial charge is 0.481 e. The molecule has 0 unspecified atom stereocenters. The highest BCUT2D eigenvalue weighted by molar-refractivity contribution is 8.00. The van der Waals surface area contributed by atoms with Crippen molar-refractivity contribution in [1.29, 1.82) is 5.26 Å². The van der Waals surface area contributed by atoms with Gasteiger partial charge in [-0.25, -0.2) is 0 Å². The number of amides is 1. The number of nitriles is 1. The van der Waals surface area contributed by atoms with Gasteiger partial charge < -0.3 is 10.4 Å². The molecule has 19 heavy (non-hydrogen) atoms. The third-order valence-corrected chi connectivity index (χ3v) is 4.30. The van der Waals surface area contributed by atoms with Crippen molar-refractivity contribution in [2.45, 2.75) is 38.5 Å². The zero-order chi connectivity index (χ0) is 14.1. The van der Waals surface area contributed by atoms with Crippen molar-refractivity contribution < 1.29 is 14.7 Å². The molecule has 106 valence electrons. The lowest BCUT2D eigenvalue weighted by molar-refractivity contribution is -0.140. The average Bonchev–Trinajstić information content (AvgIpc) is 2.37. The number of aliphatic carboxylic acids is 1. The second-order valence-electron chi connectivity index (χ2n) is 5.06. The first-order valence-electron chi connectivity index (χ1n) is 6.51. The van der Waals surface area contributed by atoms with Gasteiger partial charge in [-0.15, -0.1) is 11.8 Å². The van der Waals surface area contributed by atoms with Crippen molar-refractivity contribution in [3.8, 4) is 6.07 Å². The van der Waals surface area contributed by atoms with Gasteiger partial charge in [-0.05, 0) is 18.3 Å². The summed E-state index contributed by atoms with van der Waals surface area (Å²) in [6, 6.07) is 1.97. The molecule has 1 saturated carbocycles. The molecule has 0 bridgehead atoms. The molecule has 2 N–H and O–H groups in total. The maximum atomic E-state index is 11.6. The van der Waals surface area contributed by atoms with Gasteiger partial charge in [0.1, 0.15) is 0 Å². The minimum atomic E-state index is -0.796. The molecule has 0 heterocycles. The number of rotatable bonds is 7. The van der Waals surface area contributed by atoms with Gasteiger partial charge in [0.2, 0.25) is 5.91 Å². The topological polar surface area (TPSA) is 90.2 Å². The molecule has 0 spiro atoms. The van der Waals surface area contributed by atoms with Crippen LogP contribution in [-0.2, 0) is 9.59 Å². The van der Waals surface area contributed by atoms with Gasteiger partial charge in [-0.3, -0.25) is 9.59 Å². The summed E-state index contributed by atoms with van der Waals surface area (Å²) in [5, 5.41) is 20.2. The maximum absolute atomic E-state index is 11.6. The minimum absolute atomic E-state index is 0.115. The first-order valence-corrected chi connectivity index (χ1v) is 7.67. The van der Waals surface area contributed by atoms with E-state index in [1.54, 1.807) is 0 Å². The van der Waals surface area contributed by atoms with E-state index in [0.717, 1.165) is 32.1 Å². The van der Waals surface area contributed by atoms with Crippen molar-refractivity contribution in [2.75, 3.05) is 18.1 Å². The Morgan fingerprint density at radius 1 is 1.32 bits per heavy atom. The molecular weight excluding hydrogens is 264 g/mol. The molecule has 0 aromatic heterocycles. The van der Waals surface area contributed by atoms with Crippen LogP contribution >= 0.6 is 11.8 Å². The van der Waals surface area contributed by atoms with Crippen molar-refractivity contribution >= 4 is 23.6 Å². The van der Waals surface area contributed by atoms with Crippen LogP contribution in [0.5, 0.6) is 0 Å². The predicted molar refractivity (Wildman–Crippen MR) is 73.7 cm³/mol. The number of hydrogen-bond acceptors (Lipinski definition) is 4. The van der Waals surface area contributed by atoms with E-state index in [0.29, 0.717) is 12.3 Å². The lowest BCUT2D eigenvalue weighted by atomic mass is 9.71. The van der Waals surface area contributed by atoms with E-state index in [4.69, 9.17) is 10.4 Å². The van der Waals surface area contributed by atoms with Gasteiger partial charge in [-0.2, -0.15) is 5.26 Å². The lowest BCUT2D eigenvalue weighted by Crippen LogP contribution is -2.41. The monoisotopic (exact) mass is 284 g/mol. The van der Waals surface area contributed by atoms with Gasteiger partial charge in [0.15, 0.2) is 0 Å². The van der Waals surface area contributed by atoms with Gasteiger partial charge in [0, 0.05) is 6.54 Å². The number of carboxylic acid groups (broad SMARTS) is 1. The highest BCUT2D eigenvalue weighted by Crippen LogP contribution is 2.38. The van der Waals surface area contributed by atoms with E-state index < -0.39 is 5.97 Å². The molecule has 1 rings (SSSR count). The van der Waals surface area contributed by atoms with E-state index in [1.807, 2.05) is 6.07 Å². The van der Waals surface area contributed by atoms with E-state index in [2.05, 4.69) is 5.32 Å². The summed E-state index contributed by atoms with van der Waals surface area (Å²) >= 11 is 1.27. The number of hydrogen-bond donors (Lipinski definition) is 2. The van der Waals surface area contributed by atoms with Crippen molar-refractivity contribution in [2.24, 2.45) is 5.41 Å². The summed E-state index contributed by atoms with van der Waals surface area (Å²) in [5.41, 5.74) is -0.278. The number of nitrogens with one attached hydrogen (secondary N) is 1.